The largest absolute Gasteiger partial charge is 0.478 e. The van der Waals surface area contributed by atoms with Crippen LogP contribution in [0.15, 0.2) is 10.5 Å². The van der Waals surface area contributed by atoms with E-state index in [9.17, 15) is 4.79 Å². The van der Waals surface area contributed by atoms with Crippen LogP contribution in [-0.2, 0) is 6.54 Å². The Labute approximate surface area is 106 Å². The van der Waals surface area contributed by atoms with Crippen LogP contribution in [0, 0.1) is 18.3 Å². The first-order valence-electron chi connectivity index (χ1n) is 6.05. The zero-order chi connectivity index (χ0) is 13.1. The summed E-state index contributed by atoms with van der Waals surface area (Å²) in [6.45, 7) is 2.95. The van der Waals surface area contributed by atoms with Crippen molar-refractivity contribution in [2.24, 2.45) is 0 Å². The van der Waals surface area contributed by atoms with E-state index < -0.39 is 5.97 Å². The minimum Gasteiger partial charge on any atom is -0.478 e. The Morgan fingerprint density at radius 1 is 1.67 bits per heavy atom. The standard InChI is InChI=1S/C13H16N2O3/c1-9-12(13(16)17)7-11(18-9)8-15(6-2-5-14)10-3-4-10/h7,10H,2-4,6,8H2,1H3,(H,16,17). The van der Waals surface area contributed by atoms with Crippen molar-refractivity contribution in [3.63, 3.8) is 0 Å². The van der Waals surface area contributed by atoms with Crippen LogP contribution < -0.4 is 0 Å². The number of nitriles is 1. The van der Waals surface area contributed by atoms with Crippen molar-refractivity contribution < 1.29 is 14.3 Å². The molecule has 0 unspecified atom stereocenters. The molecule has 1 aromatic rings. The van der Waals surface area contributed by atoms with Gasteiger partial charge < -0.3 is 9.52 Å². The number of hydrogen-bond acceptors (Lipinski definition) is 4. The van der Waals surface area contributed by atoms with Gasteiger partial charge in [-0.1, -0.05) is 0 Å². The highest BCUT2D eigenvalue weighted by Crippen LogP contribution is 2.29. The van der Waals surface area contributed by atoms with Gasteiger partial charge in [-0.2, -0.15) is 5.26 Å². The Balaban J connectivity index is 2.04. The number of aromatic carboxylic acids is 1. The molecule has 18 heavy (non-hydrogen) atoms. The van der Waals surface area contributed by atoms with Crippen LogP contribution in [0.3, 0.4) is 0 Å². The van der Waals surface area contributed by atoms with Gasteiger partial charge in [-0.3, -0.25) is 4.90 Å². The molecule has 1 aliphatic rings. The lowest BCUT2D eigenvalue weighted by atomic mass is 10.2. The Morgan fingerprint density at radius 2 is 2.39 bits per heavy atom. The van der Waals surface area contributed by atoms with Gasteiger partial charge in [0.15, 0.2) is 0 Å². The number of hydrogen-bond donors (Lipinski definition) is 1. The van der Waals surface area contributed by atoms with Crippen molar-refractivity contribution in [2.75, 3.05) is 6.54 Å². The molecule has 0 aliphatic heterocycles. The van der Waals surface area contributed by atoms with Gasteiger partial charge >= 0.3 is 5.97 Å². The summed E-state index contributed by atoms with van der Waals surface area (Å²) < 4.78 is 5.46. The molecule has 96 valence electrons. The third-order valence-electron chi connectivity index (χ3n) is 3.13. The third-order valence-corrected chi connectivity index (χ3v) is 3.13. The van der Waals surface area contributed by atoms with Crippen LogP contribution in [0.1, 0.15) is 41.1 Å². The summed E-state index contributed by atoms with van der Waals surface area (Å²) >= 11 is 0. The highest BCUT2D eigenvalue weighted by Gasteiger charge is 2.29. The van der Waals surface area contributed by atoms with Gasteiger partial charge in [0.05, 0.1) is 12.6 Å². The van der Waals surface area contributed by atoms with Crippen LogP contribution in [0.5, 0.6) is 0 Å². The zero-order valence-electron chi connectivity index (χ0n) is 10.3. The third kappa shape index (κ3) is 2.90. The SMILES string of the molecule is Cc1oc(CN(CCC#N)C2CC2)cc1C(=O)O. The molecule has 5 nitrogen and oxygen atoms in total. The molecule has 0 atom stereocenters. The number of carboxylic acid groups (broad SMARTS) is 1. The minimum absolute atomic E-state index is 0.223. The Hall–Kier alpha value is -1.80. The molecule has 0 aromatic carbocycles. The highest BCUT2D eigenvalue weighted by atomic mass is 16.4. The molecule has 0 radical (unpaired) electrons. The van der Waals surface area contributed by atoms with Gasteiger partial charge in [0, 0.05) is 19.0 Å². The number of rotatable bonds is 6. The molecule has 0 amide bonds. The van der Waals surface area contributed by atoms with E-state index in [0.717, 1.165) is 12.8 Å². The van der Waals surface area contributed by atoms with E-state index in [1.165, 1.54) is 0 Å². The minimum atomic E-state index is -0.961. The predicted octanol–water partition coefficient (Wildman–Crippen LogP) is 2.16. The lowest BCUT2D eigenvalue weighted by Gasteiger charge is -2.18. The highest BCUT2D eigenvalue weighted by molar-refractivity contribution is 5.88. The molecular formula is C13H16N2O3. The first-order chi connectivity index (χ1) is 8.61. The topological polar surface area (TPSA) is 77.5 Å². The quantitative estimate of drug-likeness (QED) is 0.834. The fourth-order valence-corrected chi connectivity index (χ4v) is 2.06. The molecule has 1 saturated carbocycles. The molecule has 1 aromatic heterocycles. The maximum atomic E-state index is 10.9. The van der Waals surface area contributed by atoms with E-state index in [1.807, 2.05) is 0 Å². The molecule has 0 spiro atoms. The fraction of sp³-hybridized carbons (Fsp3) is 0.538. The van der Waals surface area contributed by atoms with E-state index in [0.29, 0.717) is 37.1 Å². The summed E-state index contributed by atoms with van der Waals surface area (Å²) in [4.78, 5) is 13.1. The van der Waals surface area contributed by atoms with E-state index in [4.69, 9.17) is 14.8 Å². The Kier molecular flexibility index (Phi) is 3.68. The van der Waals surface area contributed by atoms with Crippen molar-refractivity contribution in [1.82, 2.24) is 4.90 Å². The summed E-state index contributed by atoms with van der Waals surface area (Å²) in [7, 11) is 0. The lowest BCUT2D eigenvalue weighted by molar-refractivity contribution is 0.0695. The maximum Gasteiger partial charge on any atom is 0.339 e. The van der Waals surface area contributed by atoms with E-state index in [-0.39, 0.29) is 5.56 Å². The monoisotopic (exact) mass is 248 g/mol. The summed E-state index contributed by atoms with van der Waals surface area (Å²) in [6.07, 6.45) is 2.79. The molecule has 2 rings (SSSR count). The van der Waals surface area contributed by atoms with Gasteiger partial charge in [0.2, 0.25) is 0 Å². The average Bonchev–Trinajstić information content (AvgIpc) is 3.09. The number of aryl methyl sites for hydroxylation is 1. The Bertz CT molecular complexity index is 483. The van der Waals surface area contributed by atoms with E-state index in [2.05, 4.69) is 11.0 Å². The maximum absolute atomic E-state index is 10.9. The summed E-state index contributed by atoms with van der Waals surface area (Å²) in [5, 5.41) is 17.6. The normalized spacial score (nSPS) is 14.7. The van der Waals surface area contributed by atoms with Crippen LogP contribution >= 0.6 is 0 Å². The van der Waals surface area contributed by atoms with Gasteiger partial charge in [-0.25, -0.2) is 4.79 Å². The van der Waals surface area contributed by atoms with E-state index >= 15 is 0 Å². The second-order valence-electron chi connectivity index (χ2n) is 4.60. The predicted molar refractivity (Wildman–Crippen MR) is 64.1 cm³/mol. The second kappa shape index (κ2) is 5.23. The number of furan rings is 1. The van der Waals surface area contributed by atoms with Crippen LogP contribution in [-0.4, -0.2) is 28.6 Å². The van der Waals surface area contributed by atoms with Crippen molar-refractivity contribution in [3.8, 4) is 6.07 Å². The van der Waals surface area contributed by atoms with Gasteiger partial charge in [-0.15, -0.1) is 0 Å². The number of carboxylic acids is 1. The number of nitrogens with zero attached hydrogens (tertiary/aromatic N) is 2. The molecule has 1 fully saturated rings. The average molecular weight is 248 g/mol. The van der Waals surface area contributed by atoms with Crippen LogP contribution in [0.4, 0.5) is 0 Å². The molecule has 0 saturated heterocycles. The fourth-order valence-electron chi connectivity index (χ4n) is 2.06. The van der Waals surface area contributed by atoms with Crippen molar-refractivity contribution in [1.29, 1.82) is 5.26 Å². The molecular weight excluding hydrogens is 232 g/mol. The number of carbonyl (C=O) groups is 1. The summed E-state index contributed by atoms with van der Waals surface area (Å²) in [5.41, 5.74) is 0.223. The Morgan fingerprint density at radius 3 is 2.89 bits per heavy atom. The molecule has 5 heteroatoms. The van der Waals surface area contributed by atoms with Gasteiger partial charge in [0.25, 0.3) is 0 Å². The lowest BCUT2D eigenvalue weighted by Crippen LogP contribution is -2.26. The molecule has 1 heterocycles. The van der Waals surface area contributed by atoms with Gasteiger partial charge in [0.1, 0.15) is 17.1 Å². The van der Waals surface area contributed by atoms with E-state index in [1.54, 1.807) is 13.0 Å². The van der Waals surface area contributed by atoms with Crippen molar-refractivity contribution >= 4 is 5.97 Å². The van der Waals surface area contributed by atoms with Crippen molar-refractivity contribution in [2.45, 2.75) is 38.8 Å². The second-order valence-corrected chi connectivity index (χ2v) is 4.60. The molecule has 1 N–H and O–H groups in total. The molecule has 0 bridgehead atoms. The first-order valence-corrected chi connectivity index (χ1v) is 6.05. The molecule has 1 aliphatic carbocycles. The van der Waals surface area contributed by atoms with Gasteiger partial charge in [-0.05, 0) is 25.8 Å². The zero-order valence-corrected chi connectivity index (χ0v) is 10.3. The smallest absolute Gasteiger partial charge is 0.339 e. The summed E-state index contributed by atoms with van der Waals surface area (Å²) in [6, 6.07) is 4.24. The van der Waals surface area contributed by atoms with Crippen LogP contribution in [0.2, 0.25) is 0 Å². The van der Waals surface area contributed by atoms with Crippen LogP contribution in [0.25, 0.3) is 0 Å². The first kappa shape index (κ1) is 12.7. The summed E-state index contributed by atoms with van der Waals surface area (Å²) in [5.74, 6) is 0.140. The van der Waals surface area contributed by atoms with Crippen molar-refractivity contribution in [3.05, 3.63) is 23.2 Å².